The summed E-state index contributed by atoms with van der Waals surface area (Å²) in [5, 5.41) is 8.57. The topological polar surface area (TPSA) is 45.5 Å². The van der Waals surface area contributed by atoms with Crippen LogP contribution in [0.25, 0.3) is 16.2 Å². The highest BCUT2D eigenvalue weighted by molar-refractivity contribution is 7.20. The summed E-state index contributed by atoms with van der Waals surface area (Å²) in [6.07, 6.45) is 1.93. The minimum atomic E-state index is -0.229. The second kappa shape index (κ2) is 6.76. The number of hydrogen-bond acceptors (Lipinski definition) is 5. The SMILES string of the molecule is CN(C)c1cccc(-c2cn3nc(NCc4ccc(F)cc4)sc3n2)c1. The predicted molar refractivity (Wildman–Crippen MR) is 104 cm³/mol. The van der Waals surface area contributed by atoms with E-state index < -0.39 is 0 Å². The van der Waals surface area contributed by atoms with Gasteiger partial charge < -0.3 is 10.2 Å². The van der Waals surface area contributed by atoms with Gasteiger partial charge in [0.2, 0.25) is 10.1 Å². The van der Waals surface area contributed by atoms with Gasteiger partial charge in [0.05, 0.1) is 11.9 Å². The average molecular weight is 367 g/mol. The van der Waals surface area contributed by atoms with E-state index in [0.29, 0.717) is 6.54 Å². The quantitative estimate of drug-likeness (QED) is 0.572. The molecule has 132 valence electrons. The van der Waals surface area contributed by atoms with Crippen LogP contribution < -0.4 is 10.2 Å². The highest BCUT2D eigenvalue weighted by Gasteiger charge is 2.10. The van der Waals surface area contributed by atoms with Gasteiger partial charge in [-0.2, -0.15) is 0 Å². The molecule has 2 aromatic heterocycles. The Labute approximate surface area is 154 Å². The second-order valence-electron chi connectivity index (χ2n) is 6.19. The lowest BCUT2D eigenvalue weighted by atomic mass is 10.1. The minimum absolute atomic E-state index is 0.229. The number of fused-ring (bicyclic) bond motifs is 1. The molecule has 2 aromatic carbocycles. The van der Waals surface area contributed by atoms with Crippen LogP contribution in [-0.2, 0) is 6.54 Å². The summed E-state index contributed by atoms with van der Waals surface area (Å²) in [4.78, 5) is 7.58. The van der Waals surface area contributed by atoms with Crippen LogP contribution in [0.1, 0.15) is 5.56 Å². The fraction of sp³-hybridized carbons (Fsp3) is 0.158. The summed E-state index contributed by atoms with van der Waals surface area (Å²) in [5.41, 5.74) is 4.10. The number of halogens is 1. The minimum Gasteiger partial charge on any atom is -0.378 e. The summed E-state index contributed by atoms with van der Waals surface area (Å²) in [6, 6.07) is 14.7. The van der Waals surface area contributed by atoms with Gasteiger partial charge in [-0.05, 0) is 29.8 Å². The number of anilines is 2. The molecule has 0 spiro atoms. The first kappa shape index (κ1) is 16.5. The van der Waals surface area contributed by atoms with Gasteiger partial charge in [-0.1, -0.05) is 35.6 Å². The zero-order valence-electron chi connectivity index (χ0n) is 14.5. The highest BCUT2D eigenvalue weighted by atomic mass is 32.1. The zero-order valence-corrected chi connectivity index (χ0v) is 15.3. The summed E-state index contributed by atoms with van der Waals surface area (Å²) >= 11 is 1.49. The van der Waals surface area contributed by atoms with E-state index in [1.165, 1.54) is 23.5 Å². The second-order valence-corrected chi connectivity index (χ2v) is 7.14. The maximum atomic E-state index is 12.9. The summed E-state index contributed by atoms with van der Waals surface area (Å²) in [6.45, 7) is 0.592. The van der Waals surface area contributed by atoms with Crippen LogP contribution in [0, 0.1) is 5.82 Å². The van der Waals surface area contributed by atoms with Crippen LogP contribution in [0.4, 0.5) is 15.2 Å². The number of aromatic nitrogens is 3. The van der Waals surface area contributed by atoms with E-state index in [9.17, 15) is 4.39 Å². The van der Waals surface area contributed by atoms with Gasteiger partial charge in [-0.15, -0.1) is 5.10 Å². The molecule has 0 saturated carbocycles. The van der Waals surface area contributed by atoms with Crippen molar-refractivity contribution in [3.8, 4) is 11.3 Å². The number of nitrogens with zero attached hydrogens (tertiary/aromatic N) is 4. The van der Waals surface area contributed by atoms with Gasteiger partial charge in [0.15, 0.2) is 0 Å². The highest BCUT2D eigenvalue weighted by Crippen LogP contribution is 2.27. The van der Waals surface area contributed by atoms with Gasteiger partial charge in [0.25, 0.3) is 0 Å². The van der Waals surface area contributed by atoms with Crippen molar-refractivity contribution in [3.63, 3.8) is 0 Å². The molecule has 5 nitrogen and oxygen atoms in total. The third kappa shape index (κ3) is 3.39. The van der Waals surface area contributed by atoms with Crippen LogP contribution in [0.15, 0.2) is 54.7 Å². The normalized spacial score (nSPS) is 11.0. The van der Waals surface area contributed by atoms with Crippen molar-refractivity contribution < 1.29 is 4.39 Å². The number of hydrogen-bond donors (Lipinski definition) is 1. The lowest BCUT2D eigenvalue weighted by Crippen LogP contribution is -2.08. The molecule has 0 aliphatic heterocycles. The molecule has 0 bridgehead atoms. The molecule has 7 heteroatoms. The molecule has 0 radical (unpaired) electrons. The molecule has 1 N–H and O–H groups in total. The predicted octanol–water partition coefficient (Wildman–Crippen LogP) is 4.28. The summed E-state index contributed by atoms with van der Waals surface area (Å²) < 4.78 is 14.7. The Bertz CT molecular complexity index is 1000. The smallest absolute Gasteiger partial charge is 0.214 e. The van der Waals surface area contributed by atoms with E-state index in [2.05, 4.69) is 32.4 Å². The monoisotopic (exact) mass is 367 g/mol. The molecule has 0 unspecified atom stereocenters. The van der Waals surface area contributed by atoms with E-state index in [0.717, 1.165) is 32.6 Å². The van der Waals surface area contributed by atoms with Gasteiger partial charge in [-0.25, -0.2) is 13.9 Å². The van der Waals surface area contributed by atoms with Gasteiger partial charge >= 0.3 is 0 Å². The molecule has 2 heterocycles. The maximum absolute atomic E-state index is 12.9. The number of rotatable bonds is 5. The molecule has 0 aliphatic carbocycles. The third-order valence-electron chi connectivity index (χ3n) is 4.06. The Kier molecular flexibility index (Phi) is 4.30. The van der Waals surface area contributed by atoms with Crippen molar-refractivity contribution in [2.24, 2.45) is 0 Å². The summed E-state index contributed by atoms with van der Waals surface area (Å²) in [5.74, 6) is -0.229. The van der Waals surface area contributed by atoms with Gasteiger partial charge in [-0.3, -0.25) is 0 Å². The molecule has 26 heavy (non-hydrogen) atoms. The summed E-state index contributed by atoms with van der Waals surface area (Å²) in [7, 11) is 4.04. The van der Waals surface area contributed by atoms with Crippen molar-refractivity contribution in [2.45, 2.75) is 6.54 Å². The Morgan fingerprint density at radius 3 is 2.69 bits per heavy atom. The van der Waals surface area contributed by atoms with Crippen LogP contribution in [0.2, 0.25) is 0 Å². The Hall–Kier alpha value is -2.93. The fourth-order valence-corrected chi connectivity index (χ4v) is 3.41. The molecule has 0 fully saturated rings. The van der Waals surface area contributed by atoms with Crippen molar-refractivity contribution in [1.82, 2.24) is 14.6 Å². The lowest BCUT2D eigenvalue weighted by Gasteiger charge is -2.12. The molecular formula is C19H18FN5S. The molecular weight excluding hydrogens is 349 g/mol. The lowest BCUT2D eigenvalue weighted by molar-refractivity contribution is 0.627. The van der Waals surface area contributed by atoms with E-state index in [1.807, 2.05) is 32.4 Å². The average Bonchev–Trinajstić information content (AvgIpc) is 3.20. The molecule has 0 amide bonds. The van der Waals surface area contributed by atoms with E-state index in [-0.39, 0.29) is 5.82 Å². The number of imidazole rings is 1. The molecule has 0 aliphatic rings. The standard InChI is InChI=1S/C19H18FN5S/c1-24(2)16-5-3-4-14(10-16)17-12-25-19(22-17)26-18(23-25)21-11-13-6-8-15(20)9-7-13/h3-10,12H,11H2,1-2H3,(H,21,23). The van der Waals surface area contributed by atoms with Crippen molar-refractivity contribution in [1.29, 1.82) is 0 Å². The largest absolute Gasteiger partial charge is 0.378 e. The van der Waals surface area contributed by atoms with Crippen molar-refractivity contribution >= 4 is 27.1 Å². The molecule has 4 rings (SSSR count). The van der Waals surface area contributed by atoms with Crippen molar-refractivity contribution in [2.75, 3.05) is 24.3 Å². The Morgan fingerprint density at radius 1 is 1.15 bits per heavy atom. The van der Waals surface area contributed by atoms with Gasteiger partial charge in [0, 0.05) is 31.9 Å². The maximum Gasteiger partial charge on any atom is 0.214 e. The van der Waals surface area contributed by atoms with E-state index in [1.54, 1.807) is 16.6 Å². The number of benzene rings is 2. The van der Waals surface area contributed by atoms with Crippen LogP contribution in [0.3, 0.4) is 0 Å². The first-order chi connectivity index (χ1) is 12.6. The molecule has 4 aromatic rings. The van der Waals surface area contributed by atoms with E-state index >= 15 is 0 Å². The molecule has 0 saturated heterocycles. The van der Waals surface area contributed by atoms with Crippen molar-refractivity contribution in [3.05, 3.63) is 66.1 Å². The zero-order chi connectivity index (χ0) is 18.1. The Morgan fingerprint density at radius 2 is 1.96 bits per heavy atom. The Balaban J connectivity index is 1.52. The van der Waals surface area contributed by atoms with Crippen LogP contribution in [-0.4, -0.2) is 28.7 Å². The first-order valence-electron chi connectivity index (χ1n) is 8.21. The number of nitrogens with one attached hydrogen (secondary N) is 1. The fourth-order valence-electron chi connectivity index (χ4n) is 2.63. The first-order valence-corrected chi connectivity index (χ1v) is 9.02. The van der Waals surface area contributed by atoms with Gasteiger partial charge in [0.1, 0.15) is 5.82 Å². The molecule has 0 atom stereocenters. The van der Waals surface area contributed by atoms with Crippen LogP contribution >= 0.6 is 11.3 Å². The third-order valence-corrected chi connectivity index (χ3v) is 4.94. The van der Waals surface area contributed by atoms with E-state index in [4.69, 9.17) is 0 Å². The van der Waals surface area contributed by atoms with Crippen LogP contribution in [0.5, 0.6) is 0 Å².